The third-order valence-electron chi connectivity index (χ3n) is 5.16. The van der Waals surface area contributed by atoms with Crippen LogP contribution in [0.15, 0.2) is 28.7 Å². The Kier molecular flexibility index (Phi) is 5.82. The van der Waals surface area contributed by atoms with E-state index in [2.05, 4.69) is 49.1 Å². The first kappa shape index (κ1) is 18.1. The Morgan fingerprint density at radius 3 is 2.83 bits per heavy atom. The molecular formula is C17H24BrClN4O. The molecule has 1 amide bonds. The van der Waals surface area contributed by atoms with Gasteiger partial charge in [-0.25, -0.2) is 5.43 Å². The zero-order valence-corrected chi connectivity index (χ0v) is 15.9. The molecule has 3 aliphatic rings. The molecule has 1 saturated carbocycles. The van der Waals surface area contributed by atoms with E-state index in [4.69, 9.17) is 0 Å². The van der Waals surface area contributed by atoms with Crippen LogP contribution < -0.4 is 16.2 Å². The minimum atomic E-state index is -0.111. The topological polar surface area (TPSA) is 56.4 Å². The molecule has 0 radical (unpaired) electrons. The number of nitrogens with one attached hydrogen (secondary N) is 3. The largest absolute Gasteiger partial charge is 0.334 e. The van der Waals surface area contributed by atoms with Crippen LogP contribution in [0.2, 0.25) is 0 Å². The molecule has 3 unspecified atom stereocenters. The van der Waals surface area contributed by atoms with Crippen molar-refractivity contribution in [1.29, 1.82) is 0 Å². The minimum absolute atomic E-state index is 0. The van der Waals surface area contributed by atoms with Crippen molar-refractivity contribution in [3.8, 4) is 0 Å². The van der Waals surface area contributed by atoms with Crippen molar-refractivity contribution in [2.24, 2.45) is 5.92 Å². The van der Waals surface area contributed by atoms with E-state index in [0.717, 1.165) is 36.8 Å². The maximum absolute atomic E-state index is 13.2. The average molecular weight is 416 g/mol. The standard InChI is InChI=1S/C17H23BrN4O.ClH/c18-12-3-1-2-11(8-12)10-22(13-4-5-13)17(23)16-14-9-19-7-6-15(14)20-21-16;/h1-3,8,13-16,19-21H,4-7,9-10H2;1H. The van der Waals surface area contributed by atoms with Crippen molar-refractivity contribution in [2.75, 3.05) is 13.1 Å². The summed E-state index contributed by atoms with van der Waals surface area (Å²) >= 11 is 3.52. The zero-order valence-electron chi connectivity index (χ0n) is 13.5. The van der Waals surface area contributed by atoms with Crippen LogP contribution in [0.25, 0.3) is 0 Å². The third-order valence-corrected chi connectivity index (χ3v) is 5.65. The normalized spacial score (nSPS) is 28.8. The SMILES string of the molecule is Cl.O=C(C1NNC2CCNCC21)N(Cc1cccc(Br)c1)C1CC1. The Bertz CT molecular complexity index is 598. The van der Waals surface area contributed by atoms with Crippen molar-refractivity contribution >= 4 is 34.2 Å². The van der Waals surface area contributed by atoms with Crippen LogP contribution in [-0.2, 0) is 11.3 Å². The van der Waals surface area contributed by atoms with Gasteiger partial charge in [-0.15, -0.1) is 12.4 Å². The van der Waals surface area contributed by atoms with Crippen molar-refractivity contribution in [2.45, 2.75) is 43.9 Å². The van der Waals surface area contributed by atoms with E-state index in [1.54, 1.807) is 0 Å². The predicted molar refractivity (Wildman–Crippen MR) is 99.8 cm³/mol. The van der Waals surface area contributed by atoms with Gasteiger partial charge in [0.05, 0.1) is 0 Å². The quantitative estimate of drug-likeness (QED) is 0.702. The maximum Gasteiger partial charge on any atom is 0.242 e. The fraction of sp³-hybridized carbons (Fsp3) is 0.588. The van der Waals surface area contributed by atoms with Gasteiger partial charge < -0.3 is 10.2 Å². The van der Waals surface area contributed by atoms with Crippen molar-refractivity contribution in [1.82, 2.24) is 21.1 Å². The summed E-state index contributed by atoms with van der Waals surface area (Å²) < 4.78 is 1.07. The van der Waals surface area contributed by atoms with Crippen LogP contribution in [0.3, 0.4) is 0 Å². The Balaban J connectivity index is 0.00000169. The smallest absolute Gasteiger partial charge is 0.242 e. The first-order valence-corrected chi connectivity index (χ1v) is 9.28. The Morgan fingerprint density at radius 1 is 1.25 bits per heavy atom. The van der Waals surface area contributed by atoms with E-state index < -0.39 is 0 Å². The van der Waals surface area contributed by atoms with Crippen LogP contribution in [0, 0.1) is 5.92 Å². The molecule has 3 N–H and O–H groups in total. The number of amides is 1. The summed E-state index contributed by atoms with van der Waals surface area (Å²) in [5, 5.41) is 3.43. The van der Waals surface area contributed by atoms with Crippen LogP contribution >= 0.6 is 28.3 Å². The zero-order chi connectivity index (χ0) is 15.8. The summed E-state index contributed by atoms with van der Waals surface area (Å²) in [5.74, 6) is 0.594. The molecule has 5 nitrogen and oxygen atoms in total. The molecule has 2 aliphatic heterocycles. The van der Waals surface area contributed by atoms with Crippen LogP contribution in [0.5, 0.6) is 0 Å². The Morgan fingerprint density at radius 2 is 2.08 bits per heavy atom. The van der Waals surface area contributed by atoms with Crippen LogP contribution in [-0.4, -0.2) is 42.0 Å². The second kappa shape index (κ2) is 7.70. The number of carbonyl (C=O) groups is 1. The lowest BCUT2D eigenvalue weighted by Gasteiger charge is -2.31. The fourth-order valence-corrected chi connectivity index (χ4v) is 4.19. The van der Waals surface area contributed by atoms with Gasteiger partial charge in [-0.2, -0.15) is 0 Å². The lowest BCUT2D eigenvalue weighted by atomic mass is 9.88. The summed E-state index contributed by atoms with van der Waals surface area (Å²) in [7, 11) is 0. The monoisotopic (exact) mass is 414 g/mol. The number of fused-ring (bicyclic) bond motifs is 1. The molecule has 132 valence electrons. The predicted octanol–water partition coefficient (Wildman–Crippen LogP) is 1.82. The van der Waals surface area contributed by atoms with E-state index in [9.17, 15) is 4.79 Å². The van der Waals surface area contributed by atoms with Crippen LogP contribution in [0.1, 0.15) is 24.8 Å². The number of hydrogen-bond acceptors (Lipinski definition) is 4. The number of halogens is 2. The van der Waals surface area contributed by atoms with E-state index >= 15 is 0 Å². The highest BCUT2D eigenvalue weighted by Crippen LogP contribution is 2.31. The number of carbonyl (C=O) groups excluding carboxylic acids is 1. The van der Waals surface area contributed by atoms with Gasteiger partial charge in [0, 0.05) is 35.6 Å². The van der Waals surface area contributed by atoms with Gasteiger partial charge in [0.15, 0.2) is 0 Å². The molecule has 2 heterocycles. The van der Waals surface area contributed by atoms with Crippen molar-refractivity contribution in [3.63, 3.8) is 0 Å². The average Bonchev–Trinajstić information content (AvgIpc) is 3.31. The fourth-order valence-electron chi connectivity index (χ4n) is 3.74. The lowest BCUT2D eigenvalue weighted by molar-refractivity contribution is -0.135. The van der Waals surface area contributed by atoms with E-state index in [0.29, 0.717) is 24.5 Å². The number of piperidine rings is 1. The molecule has 4 rings (SSSR count). The van der Waals surface area contributed by atoms with E-state index in [-0.39, 0.29) is 24.4 Å². The van der Waals surface area contributed by atoms with Gasteiger partial charge in [0.1, 0.15) is 6.04 Å². The highest BCUT2D eigenvalue weighted by molar-refractivity contribution is 9.10. The molecule has 3 fully saturated rings. The molecule has 1 aromatic carbocycles. The van der Waals surface area contributed by atoms with Gasteiger partial charge in [0.2, 0.25) is 5.91 Å². The number of hydrogen-bond donors (Lipinski definition) is 3. The number of benzene rings is 1. The maximum atomic E-state index is 13.2. The highest BCUT2D eigenvalue weighted by Gasteiger charge is 2.45. The molecule has 0 aromatic heterocycles. The first-order chi connectivity index (χ1) is 11.2. The second-order valence-electron chi connectivity index (χ2n) is 6.86. The molecule has 1 aromatic rings. The second-order valence-corrected chi connectivity index (χ2v) is 7.77. The summed E-state index contributed by atoms with van der Waals surface area (Å²) in [6.07, 6.45) is 3.34. The molecule has 0 spiro atoms. The molecule has 1 aliphatic carbocycles. The molecular weight excluding hydrogens is 392 g/mol. The van der Waals surface area contributed by atoms with E-state index in [1.165, 1.54) is 5.56 Å². The van der Waals surface area contributed by atoms with Crippen molar-refractivity contribution < 1.29 is 4.79 Å². The summed E-state index contributed by atoms with van der Waals surface area (Å²) in [4.78, 5) is 15.2. The Labute approximate surface area is 157 Å². The van der Waals surface area contributed by atoms with Gasteiger partial charge in [-0.3, -0.25) is 10.2 Å². The number of hydrazine groups is 1. The van der Waals surface area contributed by atoms with Gasteiger partial charge in [-0.05, 0) is 43.5 Å². The van der Waals surface area contributed by atoms with E-state index in [1.807, 2.05) is 12.1 Å². The molecule has 3 atom stereocenters. The lowest BCUT2D eigenvalue weighted by Crippen LogP contribution is -2.51. The van der Waals surface area contributed by atoms with Crippen LogP contribution in [0.4, 0.5) is 0 Å². The molecule has 7 heteroatoms. The number of rotatable bonds is 4. The Hall–Kier alpha value is -0.660. The van der Waals surface area contributed by atoms with Crippen molar-refractivity contribution in [3.05, 3.63) is 34.3 Å². The molecule has 24 heavy (non-hydrogen) atoms. The highest BCUT2D eigenvalue weighted by atomic mass is 79.9. The van der Waals surface area contributed by atoms with Gasteiger partial charge in [0.25, 0.3) is 0 Å². The van der Waals surface area contributed by atoms with Gasteiger partial charge >= 0.3 is 0 Å². The summed E-state index contributed by atoms with van der Waals surface area (Å²) in [6, 6.07) is 8.97. The number of nitrogens with zero attached hydrogens (tertiary/aromatic N) is 1. The first-order valence-electron chi connectivity index (χ1n) is 8.49. The minimum Gasteiger partial charge on any atom is -0.334 e. The third kappa shape index (κ3) is 3.78. The summed E-state index contributed by atoms with van der Waals surface area (Å²) in [5.41, 5.74) is 7.78. The van der Waals surface area contributed by atoms with Gasteiger partial charge in [-0.1, -0.05) is 28.1 Å². The molecule has 2 saturated heterocycles. The molecule has 0 bridgehead atoms. The summed E-state index contributed by atoms with van der Waals surface area (Å²) in [6.45, 7) is 2.64.